The Hall–Kier alpha value is -0.730. The van der Waals surface area contributed by atoms with Crippen LogP contribution in [-0.4, -0.2) is 12.6 Å². The van der Waals surface area contributed by atoms with Crippen molar-refractivity contribution in [1.82, 2.24) is 5.32 Å². The Morgan fingerprint density at radius 2 is 1.39 bits per heavy atom. The number of nitrogens with one attached hydrogen (secondary N) is 1. The molecule has 1 unspecified atom stereocenters. The Labute approximate surface area is 145 Å². The predicted molar refractivity (Wildman–Crippen MR) is 102 cm³/mol. The monoisotopic (exact) mass is 326 g/mol. The lowest BCUT2D eigenvalue weighted by atomic mass is 9.66. The summed E-state index contributed by atoms with van der Waals surface area (Å²) in [6.07, 6.45) is 15.6. The van der Waals surface area contributed by atoms with Gasteiger partial charge in [-0.1, -0.05) is 85.5 Å². The Balaban J connectivity index is 4.39. The molecule has 3 N–H and O–H groups in total. The fourth-order valence-electron chi connectivity index (χ4n) is 4.10. The Kier molecular flexibility index (Phi) is 13.3. The summed E-state index contributed by atoms with van der Waals surface area (Å²) in [5.74, 6) is 0.781. The summed E-state index contributed by atoms with van der Waals surface area (Å²) in [5, 5.41) is 2.74. The second kappa shape index (κ2) is 13.7. The van der Waals surface area contributed by atoms with E-state index in [1.54, 1.807) is 0 Å². The third-order valence-corrected chi connectivity index (χ3v) is 5.91. The fraction of sp³-hybridized carbons (Fsp3) is 0.950. The van der Waals surface area contributed by atoms with Crippen LogP contribution in [0.1, 0.15) is 105 Å². The van der Waals surface area contributed by atoms with Crippen molar-refractivity contribution >= 4 is 6.03 Å². The van der Waals surface area contributed by atoms with Crippen LogP contribution in [0, 0.1) is 11.3 Å². The largest absolute Gasteiger partial charge is 0.352 e. The van der Waals surface area contributed by atoms with E-state index in [1.165, 1.54) is 70.6 Å². The first-order chi connectivity index (χ1) is 11.1. The summed E-state index contributed by atoms with van der Waals surface area (Å²) in [4.78, 5) is 10.8. The van der Waals surface area contributed by atoms with E-state index in [4.69, 9.17) is 5.73 Å². The van der Waals surface area contributed by atoms with E-state index in [1.807, 2.05) is 0 Å². The minimum atomic E-state index is -0.398. The molecule has 1 atom stereocenters. The summed E-state index contributed by atoms with van der Waals surface area (Å²) in [6.45, 7) is 10.0. The van der Waals surface area contributed by atoms with Gasteiger partial charge in [-0.2, -0.15) is 0 Å². The summed E-state index contributed by atoms with van der Waals surface area (Å²) in [6, 6.07) is -0.398. The van der Waals surface area contributed by atoms with Crippen molar-refractivity contribution in [2.45, 2.75) is 105 Å². The molecule has 0 radical (unpaired) electrons. The molecule has 2 amide bonds. The van der Waals surface area contributed by atoms with Gasteiger partial charge in [0.05, 0.1) is 0 Å². The van der Waals surface area contributed by atoms with Gasteiger partial charge in [0.2, 0.25) is 0 Å². The van der Waals surface area contributed by atoms with Crippen LogP contribution in [-0.2, 0) is 0 Å². The highest BCUT2D eigenvalue weighted by molar-refractivity contribution is 5.71. The van der Waals surface area contributed by atoms with Crippen LogP contribution in [0.5, 0.6) is 0 Å². The lowest BCUT2D eigenvalue weighted by Crippen LogP contribution is -2.32. The van der Waals surface area contributed by atoms with Crippen molar-refractivity contribution in [3.63, 3.8) is 0 Å². The van der Waals surface area contributed by atoms with Crippen molar-refractivity contribution in [3.05, 3.63) is 0 Å². The van der Waals surface area contributed by atoms with Gasteiger partial charge in [0.1, 0.15) is 0 Å². The van der Waals surface area contributed by atoms with Crippen LogP contribution >= 0.6 is 0 Å². The molecular weight excluding hydrogens is 284 g/mol. The molecule has 0 aromatic carbocycles. The van der Waals surface area contributed by atoms with Gasteiger partial charge in [0.25, 0.3) is 0 Å². The Morgan fingerprint density at radius 3 is 1.91 bits per heavy atom. The zero-order valence-corrected chi connectivity index (χ0v) is 16.3. The van der Waals surface area contributed by atoms with Gasteiger partial charge in [-0.25, -0.2) is 4.79 Å². The Morgan fingerprint density at radius 1 is 0.870 bits per heavy atom. The molecule has 0 saturated carbocycles. The molecule has 0 aliphatic carbocycles. The number of carbonyl (C=O) groups is 1. The first kappa shape index (κ1) is 22.3. The molecule has 0 fully saturated rings. The number of urea groups is 1. The van der Waals surface area contributed by atoms with Gasteiger partial charge >= 0.3 is 6.03 Å². The molecule has 0 aromatic rings. The maximum atomic E-state index is 10.8. The van der Waals surface area contributed by atoms with Crippen LogP contribution in [0.15, 0.2) is 0 Å². The maximum Gasteiger partial charge on any atom is 0.312 e. The van der Waals surface area contributed by atoms with Crippen molar-refractivity contribution < 1.29 is 4.79 Å². The topological polar surface area (TPSA) is 55.1 Å². The van der Waals surface area contributed by atoms with Crippen molar-refractivity contribution in [2.75, 3.05) is 6.54 Å². The zero-order chi connectivity index (χ0) is 17.6. The van der Waals surface area contributed by atoms with E-state index in [-0.39, 0.29) is 0 Å². The van der Waals surface area contributed by atoms with Gasteiger partial charge in [-0.3, -0.25) is 0 Å². The fourth-order valence-corrected chi connectivity index (χ4v) is 4.10. The molecule has 23 heavy (non-hydrogen) atoms. The van der Waals surface area contributed by atoms with Crippen molar-refractivity contribution in [1.29, 1.82) is 0 Å². The predicted octanol–water partition coefficient (Wildman–Crippen LogP) is 6.02. The minimum Gasteiger partial charge on any atom is -0.352 e. The normalized spacial score (nSPS) is 13.0. The maximum absolute atomic E-state index is 10.8. The summed E-state index contributed by atoms with van der Waals surface area (Å²) < 4.78 is 0. The van der Waals surface area contributed by atoms with E-state index in [9.17, 15) is 4.79 Å². The van der Waals surface area contributed by atoms with E-state index >= 15 is 0 Å². The second-order valence-corrected chi connectivity index (χ2v) is 7.11. The van der Waals surface area contributed by atoms with E-state index < -0.39 is 6.03 Å². The summed E-state index contributed by atoms with van der Waals surface area (Å²) in [7, 11) is 0. The number of nitrogens with two attached hydrogens (primary N) is 1. The van der Waals surface area contributed by atoms with Gasteiger partial charge < -0.3 is 11.1 Å². The number of hydrogen-bond acceptors (Lipinski definition) is 1. The second-order valence-electron chi connectivity index (χ2n) is 7.11. The Bertz CT molecular complexity index is 279. The number of hydrogen-bond donors (Lipinski definition) is 2. The highest BCUT2D eigenvalue weighted by atomic mass is 16.2. The average molecular weight is 327 g/mol. The highest BCUT2D eigenvalue weighted by Gasteiger charge is 2.32. The van der Waals surface area contributed by atoms with Gasteiger partial charge in [-0.15, -0.1) is 0 Å². The van der Waals surface area contributed by atoms with Gasteiger partial charge in [-0.05, 0) is 30.6 Å². The molecule has 0 saturated heterocycles. The van der Waals surface area contributed by atoms with Crippen molar-refractivity contribution in [2.24, 2.45) is 17.1 Å². The SMILES string of the molecule is CCCCCCCCC(CCCNC(N)=O)C(CC)(CC)CC. The molecule has 0 rings (SSSR count). The third-order valence-electron chi connectivity index (χ3n) is 5.91. The highest BCUT2D eigenvalue weighted by Crippen LogP contribution is 2.43. The number of amides is 2. The zero-order valence-electron chi connectivity index (χ0n) is 16.3. The first-order valence-electron chi connectivity index (χ1n) is 10.1. The minimum absolute atomic E-state index is 0.398. The van der Waals surface area contributed by atoms with Crippen molar-refractivity contribution in [3.8, 4) is 0 Å². The molecule has 0 bridgehead atoms. The molecule has 0 aliphatic rings. The van der Waals surface area contributed by atoms with Gasteiger partial charge in [0.15, 0.2) is 0 Å². The molecule has 3 heteroatoms. The summed E-state index contributed by atoms with van der Waals surface area (Å²) >= 11 is 0. The van der Waals surface area contributed by atoms with Crippen LogP contribution in [0.4, 0.5) is 4.79 Å². The molecule has 0 heterocycles. The third kappa shape index (κ3) is 9.22. The number of carbonyl (C=O) groups excluding carboxylic acids is 1. The standard InChI is InChI=1S/C20H42N2O/c1-5-9-10-11-12-13-15-18(16-14-17-22-19(21)23)20(6-2,7-3)8-4/h18H,5-17H2,1-4H3,(H3,21,22,23). The first-order valence-corrected chi connectivity index (χ1v) is 10.1. The average Bonchev–Trinajstić information content (AvgIpc) is 2.55. The summed E-state index contributed by atoms with van der Waals surface area (Å²) in [5.41, 5.74) is 5.64. The molecule has 3 nitrogen and oxygen atoms in total. The van der Waals surface area contributed by atoms with Crippen LogP contribution in [0.25, 0.3) is 0 Å². The number of primary amides is 1. The van der Waals surface area contributed by atoms with Crippen LogP contribution in [0.2, 0.25) is 0 Å². The smallest absolute Gasteiger partial charge is 0.312 e. The lowest BCUT2D eigenvalue weighted by Gasteiger charge is -2.40. The number of unbranched alkanes of at least 4 members (excludes halogenated alkanes) is 5. The van der Waals surface area contributed by atoms with E-state index in [0.29, 0.717) is 5.41 Å². The van der Waals surface area contributed by atoms with Crippen LogP contribution in [0.3, 0.4) is 0 Å². The molecule has 0 aromatic heterocycles. The molecule has 138 valence electrons. The van der Waals surface area contributed by atoms with E-state index in [0.717, 1.165) is 18.9 Å². The quantitative estimate of drug-likeness (QED) is 0.355. The number of rotatable bonds is 15. The molecule has 0 aliphatic heterocycles. The van der Waals surface area contributed by atoms with Gasteiger partial charge in [0, 0.05) is 6.54 Å². The van der Waals surface area contributed by atoms with E-state index in [2.05, 4.69) is 33.0 Å². The van der Waals surface area contributed by atoms with Crippen LogP contribution < -0.4 is 11.1 Å². The molecular formula is C20H42N2O. The molecule has 0 spiro atoms. The lowest BCUT2D eigenvalue weighted by molar-refractivity contribution is 0.112.